The van der Waals surface area contributed by atoms with Gasteiger partial charge in [0, 0.05) is 45.7 Å². The molecule has 128 valence electrons. The average molecular weight is 328 g/mol. The van der Waals surface area contributed by atoms with Crippen molar-refractivity contribution in [3.8, 4) is 0 Å². The SMILES string of the molecule is COCCC(=O)N1CCNCC(Cc2ccnc3cccnc23)C1. The number of carbonyl (C=O) groups is 1. The lowest BCUT2D eigenvalue weighted by atomic mass is 9.98. The van der Waals surface area contributed by atoms with E-state index in [0.29, 0.717) is 18.9 Å². The van der Waals surface area contributed by atoms with E-state index in [1.165, 1.54) is 5.56 Å². The van der Waals surface area contributed by atoms with Gasteiger partial charge in [-0.05, 0) is 36.1 Å². The third-order valence-corrected chi connectivity index (χ3v) is 4.43. The summed E-state index contributed by atoms with van der Waals surface area (Å²) >= 11 is 0. The molecule has 3 heterocycles. The number of nitrogens with one attached hydrogen (secondary N) is 1. The van der Waals surface area contributed by atoms with Crippen LogP contribution >= 0.6 is 0 Å². The van der Waals surface area contributed by atoms with Crippen LogP contribution in [0, 0.1) is 5.92 Å². The summed E-state index contributed by atoms with van der Waals surface area (Å²) < 4.78 is 5.03. The Kier molecular flexibility index (Phi) is 5.72. The minimum atomic E-state index is 0.170. The summed E-state index contributed by atoms with van der Waals surface area (Å²) in [6, 6.07) is 5.93. The standard InChI is InChI=1S/C18H24N4O2/c1-24-10-5-17(23)22-9-8-19-12-14(13-22)11-15-4-7-20-16-3-2-6-21-18(15)16/h2-4,6-7,14,19H,5,8-13H2,1H3. The maximum Gasteiger partial charge on any atom is 0.224 e. The highest BCUT2D eigenvalue weighted by atomic mass is 16.5. The predicted molar refractivity (Wildman–Crippen MR) is 92.7 cm³/mol. The Labute approximate surface area is 142 Å². The van der Waals surface area contributed by atoms with Gasteiger partial charge in [0.05, 0.1) is 24.1 Å². The zero-order chi connectivity index (χ0) is 16.8. The molecule has 0 spiro atoms. The molecule has 1 aliphatic heterocycles. The number of aromatic nitrogens is 2. The van der Waals surface area contributed by atoms with Crippen molar-refractivity contribution >= 4 is 16.9 Å². The summed E-state index contributed by atoms with van der Waals surface area (Å²) in [6.45, 7) is 3.75. The van der Waals surface area contributed by atoms with Gasteiger partial charge in [-0.2, -0.15) is 0 Å². The summed E-state index contributed by atoms with van der Waals surface area (Å²) in [6.07, 6.45) is 4.98. The Balaban J connectivity index is 1.72. The van der Waals surface area contributed by atoms with E-state index in [1.807, 2.05) is 29.3 Å². The molecule has 0 saturated carbocycles. The molecule has 1 unspecified atom stereocenters. The number of amides is 1. The van der Waals surface area contributed by atoms with Crippen molar-refractivity contribution in [3.05, 3.63) is 36.2 Å². The Morgan fingerprint density at radius 1 is 1.38 bits per heavy atom. The molecule has 1 fully saturated rings. The summed E-state index contributed by atoms with van der Waals surface area (Å²) in [5, 5.41) is 3.45. The summed E-state index contributed by atoms with van der Waals surface area (Å²) in [7, 11) is 1.63. The van der Waals surface area contributed by atoms with Crippen LogP contribution < -0.4 is 5.32 Å². The van der Waals surface area contributed by atoms with Crippen molar-refractivity contribution in [1.29, 1.82) is 0 Å². The molecule has 0 aromatic carbocycles. The molecule has 1 aliphatic rings. The molecule has 2 aromatic heterocycles. The van der Waals surface area contributed by atoms with Gasteiger partial charge in [-0.3, -0.25) is 14.8 Å². The van der Waals surface area contributed by atoms with Crippen LogP contribution in [0.15, 0.2) is 30.6 Å². The first-order chi connectivity index (χ1) is 11.8. The van der Waals surface area contributed by atoms with Gasteiger partial charge in [0.15, 0.2) is 0 Å². The van der Waals surface area contributed by atoms with Crippen LogP contribution in [0.3, 0.4) is 0 Å². The second-order valence-corrected chi connectivity index (χ2v) is 6.20. The van der Waals surface area contributed by atoms with Crippen LogP contribution in [-0.4, -0.2) is 60.7 Å². The zero-order valence-corrected chi connectivity index (χ0v) is 14.1. The first-order valence-electron chi connectivity index (χ1n) is 8.44. The molecule has 24 heavy (non-hydrogen) atoms. The van der Waals surface area contributed by atoms with Crippen LogP contribution in [0.25, 0.3) is 11.0 Å². The number of carbonyl (C=O) groups excluding carboxylic acids is 1. The van der Waals surface area contributed by atoms with Crippen molar-refractivity contribution in [2.75, 3.05) is 39.9 Å². The Morgan fingerprint density at radius 3 is 3.17 bits per heavy atom. The molecule has 0 aliphatic carbocycles. The highest BCUT2D eigenvalue weighted by molar-refractivity contribution is 5.77. The maximum atomic E-state index is 12.3. The zero-order valence-electron chi connectivity index (χ0n) is 14.1. The predicted octanol–water partition coefficient (Wildman–Crippen LogP) is 1.26. The van der Waals surface area contributed by atoms with E-state index < -0.39 is 0 Å². The van der Waals surface area contributed by atoms with Crippen LogP contribution in [0.2, 0.25) is 0 Å². The lowest BCUT2D eigenvalue weighted by molar-refractivity contribution is -0.132. The number of nitrogens with zero attached hydrogens (tertiary/aromatic N) is 3. The van der Waals surface area contributed by atoms with E-state index >= 15 is 0 Å². The monoisotopic (exact) mass is 328 g/mol. The smallest absolute Gasteiger partial charge is 0.224 e. The van der Waals surface area contributed by atoms with Crippen LogP contribution in [0.1, 0.15) is 12.0 Å². The maximum absolute atomic E-state index is 12.3. The Morgan fingerprint density at radius 2 is 2.29 bits per heavy atom. The average Bonchev–Trinajstić information content (AvgIpc) is 2.86. The minimum Gasteiger partial charge on any atom is -0.384 e. The lowest BCUT2D eigenvalue weighted by Gasteiger charge is -2.24. The van der Waals surface area contributed by atoms with Gasteiger partial charge in [-0.25, -0.2) is 0 Å². The first kappa shape index (κ1) is 16.8. The molecular weight excluding hydrogens is 304 g/mol. The highest BCUT2D eigenvalue weighted by Crippen LogP contribution is 2.19. The fourth-order valence-electron chi connectivity index (χ4n) is 3.21. The molecule has 3 rings (SSSR count). The van der Waals surface area contributed by atoms with E-state index in [2.05, 4.69) is 15.3 Å². The van der Waals surface area contributed by atoms with Gasteiger partial charge >= 0.3 is 0 Å². The van der Waals surface area contributed by atoms with Crippen molar-refractivity contribution in [1.82, 2.24) is 20.2 Å². The summed E-state index contributed by atoms with van der Waals surface area (Å²) in [5.41, 5.74) is 3.07. The Bertz CT molecular complexity index is 686. The quantitative estimate of drug-likeness (QED) is 0.895. The fraction of sp³-hybridized carbons (Fsp3) is 0.500. The van der Waals surface area contributed by atoms with Crippen LogP contribution in [0.5, 0.6) is 0 Å². The van der Waals surface area contributed by atoms with Crippen LogP contribution in [0.4, 0.5) is 0 Å². The molecule has 6 nitrogen and oxygen atoms in total. The van der Waals surface area contributed by atoms with Gasteiger partial charge < -0.3 is 15.0 Å². The topological polar surface area (TPSA) is 67.3 Å². The second-order valence-electron chi connectivity index (χ2n) is 6.20. The third kappa shape index (κ3) is 4.07. The van der Waals surface area contributed by atoms with E-state index in [-0.39, 0.29) is 5.91 Å². The van der Waals surface area contributed by atoms with E-state index in [9.17, 15) is 4.79 Å². The van der Waals surface area contributed by atoms with Gasteiger partial charge in [-0.15, -0.1) is 0 Å². The Hall–Kier alpha value is -2.05. The van der Waals surface area contributed by atoms with E-state index in [0.717, 1.165) is 43.6 Å². The molecule has 1 saturated heterocycles. The molecule has 1 amide bonds. The summed E-state index contributed by atoms with van der Waals surface area (Å²) in [4.78, 5) is 23.1. The van der Waals surface area contributed by atoms with Gasteiger partial charge in [0.2, 0.25) is 5.91 Å². The molecule has 1 atom stereocenters. The van der Waals surface area contributed by atoms with Gasteiger partial charge in [0.25, 0.3) is 0 Å². The minimum absolute atomic E-state index is 0.170. The highest BCUT2D eigenvalue weighted by Gasteiger charge is 2.22. The van der Waals surface area contributed by atoms with E-state index in [4.69, 9.17) is 4.74 Å². The number of hydrogen-bond acceptors (Lipinski definition) is 5. The molecular formula is C18H24N4O2. The molecule has 2 aromatic rings. The third-order valence-electron chi connectivity index (χ3n) is 4.43. The van der Waals surface area contributed by atoms with Gasteiger partial charge in [-0.1, -0.05) is 0 Å². The van der Waals surface area contributed by atoms with Crippen molar-refractivity contribution in [2.45, 2.75) is 12.8 Å². The van der Waals surface area contributed by atoms with Crippen molar-refractivity contribution in [2.24, 2.45) is 5.92 Å². The second kappa shape index (κ2) is 8.17. The molecule has 0 radical (unpaired) electrons. The molecule has 0 bridgehead atoms. The summed E-state index contributed by atoms with van der Waals surface area (Å²) in [5.74, 6) is 0.537. The molecule has 6 heteroatoms. The number of methoxy groups -OCH3 is 1. The van der Waals surface area contributed by atoms with Gasteiger partial charge in [0.1, 0.15) is 0 Å². The van der Waals surface area contributed by atoms with E-state index in [1.54, 1.807) is 13.3 Å². The number of pyridine rings is 2. The number of hydrogen-bond donors (Lipinski definition) is 1. The molecule has 1 N–H and O–H groups in total. The van der Waals surface area contributed by atoms with Crippen molar-refractivity contribution in [3.63, 3.8) is 0 Å². The normalized spacial score (nSPS) is 18.5. The number of rotatable bonds is 5. The lowest BCUT2D eigenvalue weighted by Crippen LogP contribution is -2.36. The van der Waals surface area contributed by atoms with Crippen molar-refractivity contribution < 1.29 is 9.53 Å². The fourth-order valence-corrected chi connectivity index (χ4v) is 3.21. The number of ether oxygens (including phenoxy) is 1. The number of fused-ring (bicyclic) bond motifs is 1. The first-order valence-corrected chi connectivity index (χ1v) is 8.44. The van der Waals surface area contributed by atoms with Crippen LogP contribution in [-0.2, 0) is 16.0 Å². The largest absolute Gasteiger partial charge is 0.384 e.